The summed E-state index contributed by atoms with van der Waals surface area (Å²) in [6.07, 6.45) is 7.14. The van der Waals surface area contributed by atoms with Crippen molar-refractivity contribution in [1.29, 1.82) is 0 Å². The molecule has 184 valence electrons. The summed E-state index contributed by atoms with van der Waals surface area (Å²) in [6, 6.07) is 6.59. The van der Waals surface area contributed by atoms with Crippen molar-refractivity contribution in [1.82, 2.24) is 4.90 Å². The van der Waals surface area contributed by atoms with E-state index in [0.717, 1.165) is 63.8 Å². The molecule has 0 bridgehead atoms. The van der Waals surface area contributed by atoms with Gasteiger partial charge in [0.05, 0.1) is 12.1 Å². The van der Waals surface area contributed by atoms with Crippen LogP contribution in [0.1, 0.15) is 96.8 Å². The molecule has 1 saturated carbocycles. The Labute approximate surface area is 196 Å². The summed E-state index contributed by atoms with van der Waals surface area (Å²) in [5.41, 5.74) is 11.9. The van der Waals surface area contributed by atoms with Gasteiger partial charge >= 0.3 is 0 Å². The molecule has 6 nitrogen and oxygen atoms in total. The van der Waals surface area contributed by atoms with Crippen LogP contribution in [0.3, 0.4) is 0 Å². The van der Waals surface area contributed by atoms with E-state index in [9.17, 15) is 9.59 Å². The van der Waals surface area contributed by atoms with E-state index in [1.807, 2.05) is 46.4 Å². The minimum absolute atomic E-state index is 0.121. The molecule has 0 aromatic heterocycles. The van der Waals surface area contributed by atoms with Gasteiger partial charge in [0.1, 0.15) is 5.75 Å². The number of primary amides is 1. The van der Waals surface area contributed by atoms with E-state index in [2.05, 4.69) is 0 Å². The number of likely N-dealkylation sites (tertiary alicyclic amines) is 1. The van der Waals surface area contributed by atoms with Crippen LogP contribution in [0.5, 0.6) is 5.75 Å². The lowest BCUT2D eigenvalue weighted by molar-refractivity contribution is -0.132. The quantitative estimate of drug-likeness (QED) is 0.628. The molecule has 1 heterocycles. The van der Waals surface area contributed by atoms with Gasteiger partial charge < -0.3 is 21.1 Å². The van der Waals surface area contributed by atoms with Crippen molar-refractivity contribution in [3.8, 4) is 5.75 Å². The molecular formula is C26H47N3O3. The van der Waals surface area contributed by atoms with E-state index in [4.69, 9.17) is 16.2 Å². The molecule has 32 heavy (non-hydrogen) atoms. The number of amides is 2. The number of carbonyl (C=O) groups is 2. The predicted octanol–water partition coefficient (Wildman–Crippen LogP) is 5.14. The van der Waals surface area contributed by atoms with E-state index in [0.29, 0.717) is 11.5 Å². The third-order valence-corrected chi connectivity index (χ3v) is 5.56. The topological polar surface area (TPSA) is 98.6 Å². The Hall–Kier alpha value is -2.08. The zero-order valence-electron chi connectivity index (χ0n) is 21.2. The van der Waals surface area contributed by atoms with Gasteiger partial charge in [0.15, 0.2) is 0 Å². The Balaban J connectivity index is 0.00000148. The summed E-state index contributed by atoms with van der Waals surface area (Å²) in [7, 11) is 0. The zero-order chi connectivity index (χ0) is 24.5. The van der Waals surface area contributed by atoms with Crippen LogP contribution in [0, 0.1) is 5.92 Å². The molecule has 1 aromatic carbocycles. The molecule has 1 aromatic rings. The first-order valence-corrected chi connectivity index (χ1v) is 12.6. The molecule has 1 atom stereocenters. The highest BCUT2D eigenvalue weighted by Gasteiger charge is 2.29. The summed E-state index contributed by atoms with van der Waals surface area (Å²) >= 11 is 0. The first kappa shape index (κ1) is 29.9. The van der Waals surface area contributed by atoms with E-state index in [1.54, 1.807) is 24.3 Å². The van der Waals surface area contributed by atoms with Gasteiger partial charge in [-0.3, -0.25) is 9.59 Å². The third kappa shape index (κ3) is 10.0. The number of rotatable bonds is 6. The molecule has 2 amide bonds. The highest BCUT2D eigenvalue weighted by atomic mass is 16.5. The monoisotopic (exact) mass is 449 g/mol. The lowest BCUT2D eigenvalue weighted by Gasteiger charge is -2.31. The number of nitrogens with zero attached hydrogens (tertiary/aromatic N) is 1. The van der Waals surface area contributed by atoms with Crippen LogP contribution in [0.2, 0.25) is 0 Å². The first-order valence-electron chi connectivity index (χ1n) is 12.6. The van der Waals surface area contributed by atoms with Gasteiger partial charge in [0.25, 0.3) is 0 Å². The minimum atomic E-state index is -0.433. The molecule has 1 saturated heterocycles. The standard InChI is InChI=1S/C20H29N3O3.3C2H6/c21-18(20(25)23-11-1-2-12-23)13-14-3-7-16(8-4-14)26-17-9-5-15(6-10-17)19(22)24;3*1-2/h5-6,9-10,14,16,18H,1-4,7-8,11-13,21H2,(H2,22,24);3*1-2H3/t14?,16?,18-;;;/m0.../s1. The zero-order valence-corrected chi connectivity index (χ0v) is 21.2. The van der Waals surface area contributed by atoms with Crippen molar-refractivity contribution in [2.75, 3.05) is 13.1 Å². The molecule has 0 radical (unpaired) electrons. The second kappa shape index (κ2) is 17.5. The molecule has 0 spiro atoms. The van der Waals surface area contributed by atoms with Crippen LogP contribution in [0.25, 0.3) is 0 Å². The van der Waals surface area contributed by atoms with Crippen LogP contribution in [-0.4, -0.2) is 41.9 Å². The highest BCUT2D eigenvalue weighted by Crippen LogP contribution is 2.30. The van der Waals surface area contributed by atoms with Crippen molar-refractivity contribution < 1.29 is 14.3 Å². The van der Waals surface area contributed by atoms with Crippen molar-refractivity contribution in [2.24, 2.45) is 17.4 Å². The average molecular weight is 450 g/mol. The molecule has 0 unspecified atom stereocenters. The summed E-state index contributed by atoms with van der Waals surface area (Å²) in [6.45, 7) is 13.7. The number of ether oxygens (including phenoxy) is 1. The van der Waals surface area contributed by atoms with Crippen LogP contribution in [0.4, 0.5) is 0 Å². The van der Waals surface area contributed by atoms with Crippen molar-refractivity contribution in [3.05, 3.63) is 29.8 Å². The minimum Gasteiger partial charge on any atom is -0.490 e. The fraction of sp³-hybridized carbons (Fsp3) is 0.692. The van der Waals surface area contributed by atoms with Gasteiger partial charge in [0.2, 0.25) is 11.8 Å². The molecule has 6 heteroatoms. The summed E-state index contributed by atoms with van der Waals surface area (Å²) < 4.78 is 6.01. The molecule has 1 aliphatic heterocycles. The lowest BCUT2D eigenvalue weighted by Crippen LogP contribution is -2.43. The Morgan fingerprint density at radius 3 is 1.91 bits per heavy atom. The molecular weight excluding hydrogens is 402 g/mol. The smallest absolute Gasteiger partial charge is 0.248 e. The average Bonchev–Trinajstić information content (AvgIpc) is 3.39. The van der Waals surface area contributed by atoms with E-state index < -0.39 is 5.91 Å². The fourth-order valence-corrected chi connectivity index (χ4v) is 4.01. The fourth-order valence-electron chi connectivity index (χ4n) is 4.01. The SMILES string of the molecule is CC.CC.CC.NC(=O)c1ccc(OC2CCC(C[C@H](N)C(=O)N3CCCC3)CC2)cc1. The van der Waals surface area contributed by atoms with Crippen LogP contribution in [0.15, 0.2) is 24.3 Å². The predicted molar refractivity (Wildman–Crippen MR) is 134 cm³/mol. The highest BCUT2D eigenvalue weighted by molar-refractivity contribution is 5.92. The van der Waals surface area contributed by atoms with E-state index in [-0.39, 0.29) is 18.1 Å². The van der Waals surface area contributed by atoms with Crippen molar-refractivity contribution in [3.63, 3.8) is 0 Å². The lowest BCUT2D eigenvalue weighted by atomic mass is 9.83. The van der Waals surface area contributed by atoms with Crippen LogP contribution < -0.4 is 16.2 Å². The summed E-state index contributed by atoms with van der Waals surface area (Å²) in [5, 5.41) is 0. The van der Waals surface area contributed by atoms with Crippen molar-refractivity contribution >= 4 is 11.8 Å². The molecule has 2 fully saturated rings. The Kier molecular flexibility index (Phi) is 16.3. The molecule has 4 N–H and O–H groups in total. The molecule has 1 aliphatic carbocycles. The van der Waals surface area contributed by atoms with Gasteiger partial charge in [-0.15, -0.1) is 0 Å². The van der Waals surface area contributed by atoms with Gasteiger partial charge in [0, 0.05) is 18.7 Å². The van der Waals surface area contributed by atoms with Gasteiger partial charge in [-0.1, -0.05) is 41.5 Å². The number of carbonyl (C=O) groups excluding carboxylic acids is 2. The first-order chi connectivity index (χ1) is 15.5. The van der Waals surface area contributed by atoms with Crippen LogP contribution >= 0.6 is 0 Å². The summed E-state index contributed by atoms with van der Waals surface area (Å²) in [4.78, 5) is 25.4. The maximum Gasteiger partial charge on any atom is 0.248 e. The number of benzene rings is 1. The van der Waals surface area contributed by atoms with Crippen LogP contribution in [-0.2, 0) is 4.79 Å². The van der Waals surface area contributed by atoms with E-state index >= 15 is 0 Å². The Bertz CT molecular complexity index is 620. The molecule has 2 aliphatic rings. The third-order valence-electron chi connectivity index (χ3n) is 5.56. The maximum absolute atomic E-state index is 12.3. The number of hydrogen-bond acceptors (Lipinski definition) is 4. The largest absolute Gasteiger partial charge is 0.490 e. The van der Waals surface area contributed by atoms with Gasteiger partial charge in [-0.25, -0.2) is 0 Å². The Morgan fingerprint density at radius 1 is 0.938 bits per heavy atom. The Morgan fingerprint density at radius 2 is 1.44 bits per heavy atom. The van der Waals surface area contributed by atoms with E-state index in [1.165, 1.54) is 0 Å². The normalized spacial score (nSPS) is 20.3. The van der Waals surface area contributed by atoms with Gasteiger partial charge in [-0.2, -0.15) is 0 Å². The number of nitrogens with two attached hydrogens (primary N) is 2. The summed E-state index contributed by atoms with van der Waals surface area (Å²) in [5.74, 6) is 0.945. The second-order valence-electron chi connectivity index (χ2n) is 7.52. The van der Waals surface area contributed by atoms with Crippen molar-refractivity contribution in [2.45, 2.75) is 98.6 Å². The number of hydrogen-bond donors (Lipinski definition) is 2. The molecule has 3 rings (SSSR count). The second-order valence-corrected chi connectivity index (χ2v) is 7.52. The van der Waals surface area contributed by atoms with Gasteiger partial charge in [-0.05, 0) is 75.1 Å². The maximum atomic E-state index is 12.3.